The first-order chi connectivity index (χ1) is 11.5. The van der Waals surface area contributed by atoms with Crippen molar-refractivity contribution < 1.29 is 40.6 Å². The summed E-state index contributed by atoms with van der Waals surface area (Å²) in [5.41, 5.74) is -2.87. The summed E-state index contributed by atoms with van der Waals surface area (Å²) in [6.45, 7) is -3.02. The first-order valence-corrected chi connectivity index (χ1v) is 7.68. The van der Waals surface area contributed by atoms with Crippen molar-refractivity contribution in [3.8, 4) is 0 Å². The van der Waals surface area contributed by atoms with Gasteiger partial charge in [-0.25, -0.2) is 8.78 Å². The van der Waals surface area contributed by atoms with E-state index in [0.29, 0.717) is 19.3 Å². The van der Waals surface area contributed by atoms with Gasteiger partial charge in [0, 0.05) is 5.56 Å². The Morgan fingerprint density at radius 2 is 1.92 bits per heavy atom. The molecule has 1 aromatic heterocycles. The lowest BCUT2D eigenvalue weighted by atomic mass is 9.92. The summed E-state index contributed by atoms with van der Waals surface area (Å²) in [5, 5.41) is 13.0. The van der Waals surface area contributed by atoms with Crippen LogP contribution < -0.4 is 0 Å². The largest absolute Gasteiger partial charge is 0.435 e. The fourth-order valence-corrected chi connectivity index (χ4v) is 3.60. The zero-order valence-corrected chi connectivity index (χ0v) is 12.7. The van der Waals surface area contributed by atoms with Gasteiger partial charge in [-0.05, 0) is 25.7 Å². The first kappa shape index (κ1) is 18.4. The van der Waals surface area contributed by atoms with Crippen molar-refractivity contribution in [3.05, 3.63) is 17.0 Å². The van der Waals surface area contributed by atoms with Crippen molar-refractivity contribution in [3.63, 3.8) is 0 Å². The van der Waals surface area contributed by atoms with Crippen LogP contribution in [0.3, 0.4) is 0 Å². The molecule has 25 heavy (non-hydrogen) atoms. The highest BCUT2D eigenvalue weighted by atomic mass is 19.4. The Balaban J connectivity index is 1.97. The third kappa shape index (κ3) is 3.35. The third-order valence-electron chi connectivity index (χ3n) is 4.64. The molecule has 2 aliphatic rings. The number of ether oxygens (including phenoxy) is 1. The number of aliphatic hydroxyl groups is 1. The zero-order chi connectivity index (χ0) is 18.6. The Morgan fingerprint density at radius 3 is 2.52 bits per heavy atom. The van der Waals surface area contributed by atoms with Crippen LogP contribution in [0.1, 0.15) is 54.8 Å². The van der Waals surface area contributed by atoms with Crippen molar-refractivity contribution in [2.24, 2.45) is 0 Å². The Morgan fingerprint density at radius 1 is 1.24 bits per heavy atom. The number of aromatic nitrogens is 2. The second kappa shape index (κ2) is 6.11. The SMILES string of the molecule is OC1c2c(C(F)(F)F)nn([C@H]3CCC[C@H](OC(F)F)C3)c2CC1(F)F. The molecule has 2 aliphatic carbocycles. The van der Waals surface area contributed by atoms with Gasteiger partial charge in [0.25, 0.3) is 5.92 Å². The number of alkyl halides is 7. The molecule has 11 heteroatoms. The molecule has 1 heterocycles. The molecular weight excluding hydrogens is 361 g/mol. The van der Waals surface area contributed by atoms with E-state index in [4.69, 9.17) is 0 Å². The van der Waals surface area contributed by atoms with Gasteiger partial charge in [0.05, 0.1) is 24.3 Å². The van der Waals surface area contributed by atoms with E-state index < -0.39 is 60.3 Å². The van der Waals surface area contributed by atoms with Crippen LogP contribution in [-0.4, -0.2) is 33.5 Å². The van der Waals surface area contributed by atoms with E-state index in [0.717, 1.165) is 4.68 Å². The topological polar surface area (TPSA) is 47.3 Å². The van der Waals surface area contributed by atoms with Crippen molar-refractivity contribution in [2.45, 2.75) is 69.1 Å². The summed E-state index contributed by atoms with van der Waals surface area (Å²) in [7, 11) is 0. The minimum atomic E-state index is -5.01. The number of fused-ring (bicyclic) bond motifs is 1. The van der Waals surface area contributed by atoms with E-state index in [2.05, 4.69) is 9.84 Å². The van der Waals surface area contributed by atoms with Crippen LogP contribution in [-0.2, 0) is 17.3 Å². The molecule has 3 rings (SSSR count). The number of halogens is 7. The van der Waals surface area contributed by atoms with Gasteiger partial charge in [-0.2, -0.15) is 27.1 Å². The fraction of sp³-hybridized carbons (Fsp3) is 0.786. The second-order valence-electron chi connectivity index (χ2n) is 6.33. The Kier molecular flexibility index (Phi) is 4.51. The van der Waals surface area contributed by atoms with Crippen molar-refractivity contribution in [1.29, 1.82) is 0 Å². The molecule has 0 radical (unpaired) electrons. The average Bonchev–Trinajstić information content (AvgIpc) is 2.94. The molecule has 1 N–H and O–H groups in total. The van der Waals surface area contributed by atoms with E-state index in [9.17, 15) is 35.8 Å². The van der Waals surface area contributed by atoms with E-state index in [1.807, 2.05) is 0 Å². The van der Waals surface area contributed by atoms with Crippen molar-refractivity contribution in [2.75, 3.05) is 0 Å². The average molecular weight is 376 g/mol. The zero-order valence-electron chi connectivity index (χ0n) is 12.7. The lowest BCUT2D eigenvalue weighted by Gasteiger charge is -2.30. The van der Waals surface area contributed by atoms with E-state index in [1.54, 1.807) is 0 Å². The summed E-state index contributed by atoms with van der Waals surface area (Å²) in [6, 6.07) is -0.775. The smallest absolute Gasteiger partial charge is 0.382 e. The van der Waals surface area contributed by atoms with Gasteiger partial charge in [-0.15, -0.1) is 0 Å². The molecule has 0 aromatic carbocycles. The van der Waals surface area contributed by atoms with Crippen LogP contribution in [0.15, 0.2) is 0 Å². The van der Waals surface area contributed by atoms with Gasteiger partial charge >= 0.3 is 12.8 Å². The molecule has 3 atom stereocenters. The van der Waals surface area contributed by atoms with Crippen molar-refractivity contribution >= 4 is 0 Å². The van der Waals surface area contributed by atoms with Gasteiger partial charge in [-0.1, -0.05) is 0 Å². The standard InChI is InChI=1S/C14H15F7N2O2/c15-12(16)25-7-3-1-2-6(4-7)23-8-5-13(17,18)11(24)9(8)10(22-23)14(19,20)21/h6-7,11-12,24H,1-5H2/t6-,7-,11?/m0/s1. The highest BCUT2D eigenvalue weighted by molar-refractivity contribution is 5.38. The lowest BCUT2D eigenvalue weighted by molar-refractivity contribution is -0.172. The number of hydrogen-bond acceptors (Lipinski definition) is 3. The van der Waals surface area contributed by atoms with Crippen molar-refractivity contribution in [1.82, 2.24) is 9.78 Å². The van der Waals surface area contributed by atoms with E-state index in [-0.39, 0.29) is 6.42 Å². The van der Waals surface area contributed by atoms with Crippen LogP contribution in [0.4, 0.5) is 30.7 Å². The molecule has 1 aromatic rings. The van der Waals surface area contributed by atoms with E-state index in [1.165, 1.54) is 0 Å². The van der Waals surface area contributed by atoms with Gasteiger partial charge in [-0.3, -0.25) is 4.68 Å². The maximum Gasteiger partial charge on any atom is 0.435 e. The molecule has 1 fully saturated rings. The molecule has 1 saturated carbocycles. The Hall–Kier alpha value is -1.36. The highest BCUT2D eigenvalue weighted by Gasteiger charge is 2.55. The monoisotopic (exact) mass is 376 g/mol. The minimum Gasteiger partial charge on any atom is -0.382 e. The predicted molar refractivity (Wildman–Crippen MR) is 69.2 cm³/mol. The van der Waals surface area contributed by atoms with Crippen LogP contribution in [0.5, 0.6) is 0 Å². The molecule has 0 aliphatic heterocycles. The maximum atomic E-state index is 13.7. The van der Waals surface area contributed by atoms with Crippen LogP contribution in [0.2, 0.25) is 0 Å². The normalized spacial score (nSPS) is 29.2. The first-order valence-electron chi connectivity index (χ1n) is 7.68. The van der Waals surface area contributed by atoms with Crippen LogP contribution in [0, 0.1) is 0 Å². The van der Waals surface area contributed by atoms with Gasteiger partial charge in [0.15, 0.2) is 5.69 Å². The van der Waals surface area contributed by atoms with Gasteiger partial charge in [0.2, 0.25) is 0 Å². The van der Waals surface area contributed by atoms with Gasteiger partial charge < -0.3 is 9.84 Å². The number of hydrogen-bond donors (Lipinski definition) is 1. The molecule has 4 nitrogen and oxygen atoms in total. The summed E-state index contributed by atoms with van der Waals surface area (Å²) in [4.78, 5) is 0. The molecule has 0 bridgehead atoms. The summed E-state index contributed by atoms with van der Waals surface area (Å²) in [5.74, 6) is -3.73. The molecule has 0 saturated heterocycles. The highest BCUT2D eigenvalue weighted by Crippen LogP contribution is 2.49. The molecule has 1 unspecified atom stereocenters. The lowest BCUT2D eigenvalue weighted by Crippen LogP contribution is -2.29. The second-order valence-corrected chi connectivity index (χ2v) is 6.33. The number of aliphatic hydroxyl groups excluding tert-OH is 1. The molecule has 0 spiro atoms. The molecular formula is C14H15F7N2O2. The third-order valence-corrected chi connectivity index (χ3v) is 4.64. The number of rotatable bonds is 3. The molecule has 142 valence electrons. The predicted octanol–water partition coefficient (Wildman–Crippen LogP) is 3.85. The molecule has 0 amide bonds. The number of nitrogens with zero attached hydrogens (tertiary/aromatic N) is 2. The van der Waals surface area contributed by atoms with Crippen LogP contribution >= 0.6 is 0 Å². The maximum absolute atomic E-state index is 13.7. The Labute approximate surface area is 137 Å². The fourth-order valence-electron chi connectivity index (χ4n) is 3.60. The summed E-state index contributed by atoms with van der Waals surface area (Å²) in [6.07, 6.45) is -8.64. The van der Waals surface area contributed by atoms with Gasteiger partial charge in [0.1, 0.15) is 6.10 Å². The Bertz CT molecular complexity index is 644. The summed E-state index contributed by atoms with van der Waals surface area (Å²) < 4.78 is 96.9. The quantitative estimate of drug-likeness (QED) is 0.816. The summed E-state index contributed by atoms with van der Waals surface area (Å²) >= 11 is 0. The van der Waals surface area contributed by atoms with Crippen LogP contribution in [0.25, 0.3) is 0 Å². The minimum absolute atomic E-state index is 0.0581. The van der Waals surface area contributed by atoms with E-state index >= 15 is 0 Å².